The van der Waals surface area contributed by atoms with E-state index in [1.165, 1.54) is 5.56 Å². The first-order chi connectivity index (χ1) is 15.7. The molecular formula is C26H32N4O3. The second-order valence-corrected chi connectivity index (χ2v) is 9.58. The van der Waals surface area contributed by atoms with Crippen LogP contribution >= 0.6 is 0 Å². The van der Waals surface area contributed by atoms with Gasteiger partial charge in [0, 0.05) is 26.2 Å². The molecule has 3 aromatic rings. The van der Waals surface area contributed by atoms with Crippen molar-refractivity contribution in [1.82, 2.24) is 15.1 Å². The Kier molecular flexibility index (Phi) is 6.40. The van der Waals surface area contributed by atoms with Crippen LogP contribution in [-0.2, 0) is 10.2 Å². The summed E-state index contributed by atoms with van der Waals surface area (Å²) in [5.41, 5.74) is 2.93. The van der Waals surface area contributed by atoms with Crippen LogP contribution in [0.1, 0.15) is 38.8 Å². The Morgan fingerprint density at radius 3 is 2.42 bits per heavy atom. The standard InChI is InChI=1S/C26H32N4O3/c1-18-8-10-22(20(17-18)26(3,4)5)33-19(2)25(31)30-14-12-29(13-15-30)24-11-9-21(27-28-24)23-7-6-16-32-23/h6-11,16-17,19H,12-15H2,1-5H3. The molecule has 1 unspecified atom stereocenters. The Morgan fingerprint density at radius 1 is 1.06 bits per heavy atom. The Labute approximate surface area is 195 Å². The van der Waals surface area contributed by atoms with Gasteiger partial charge in [-0.1, -0.05) is 38.5 Å². The van der Waals surface area contributed by atoms with E-state index < -0.39 is 6.10 Å². The molecule has 7 nitrogen and oxygen atoms in total. The molecule has 1 aromatic carbocycles. The zero-order chi connectivity index (χ0) is 23.6. The number of ether oxygens (including phenoxy) is 1. The summed E-state index contributed by atoms with van der Waals surface area (Å²) in [6.07, 6.45) is 1.07. The fourth-order valence-corrected chi connectivity index (χ4v) is 4.04. The number of amides is 1. The SMILES string of the molecule is Cc1ccc(OC(C)C(=O)N2CCN(c3ccc(-c4ccco4)nn3)CC2)c(C(C)(C)C)c1. The number of aromatic nitrogens is 2. The van der Waals surface area contributed by atoms with Gasteiger partial charge >= 0.3 is 0 Å². The van der Waals surface area contributed by atoms with Crippen molar-refractivity contribution in [1.29, 1.82) is 0 Å². The van der Waals surface area contributed by atoms with E-state index in [-0.39, 0.29) is 11.3 Å². The van der Waals surface area contributed by atoms with E-state index in [2.05, 4.69) is 48.9 Å². The molecule has 0 aliphatic carbocycles. The third-order valence-corrected chi connectivity index (χ3v) is 5.93. The summed E-state index contributed by atoms with van der Waals surface area (Å²) < 4.78 is 11.5. The van der Waals surface area contributed by atoms with Gasteiger partial charge in [0.2, 0.25) is 0 Å². The number of aryl methyl sites for hydroxylation is 1. The van der Waals surface area contributed by atoms with Crippen LogP contribution in [-0.4, -0.2) is 53.3 Å². The minimum atomic E-state index is -0.548. The maximum absolute atomic E-state index is 13.1. The summed E-state index contributed by atoms with van der Waals surface area (Å²) >= 11 is 0. The lowest BCUT2D eigenvalue weighted by atomic mass is 9.85. The van der Waals surface area contributed by atoms with E-state index in [1.807, 2.05) is 48.2 Å². The fourth-order valence-electron chi connectivity index (χ4n) is 4.04. The van der Waals surface area contributed by atoms with E-state index in [0.717, 1.165) is 17.1 Å². The lowest BCUT2D eigenvalue weighted by Crippen LogP contribution is -2.52. The lowest BCUT2D eigenvalue weighted by Gasteiger charge is -2.36. The van der Waals surface area contributed by atoms with Crippen molar-refractivity contribution in [2.45, 2.75) is 46.1 Å². The predicted octanol–water partition coefficient (Wildman–Crippen LogP) is 4.46. The molecule has 1 aliphatic heterocycles. The van der Waals surface area contributed by atoms with E-state index >= 15 is 0 Å². The van der Waals surface area contributed by atoms with Crippen molar-refractivity contribution >= 4 is 11.7 Å². The molecule has 1 fully saturated rings. The van der Waals surface area contributed by atoms with Crippen LogP contribution in [0, 0.1) is 6.92 Å². The molecule has 1 saturated heterocycles. The Balaban J connectivity index is 1.36. The molecule has 2 aromatic heterocycles. The predicted molar refractivity (Wildman–Crippen MR) is 128 cm³/mol. The van der Waals surface area contributed by atoms with Crippen LogP contribution in [0.15, 0.2) is 53.1 Å². The molecule has 1 atom stereocenters. The molecule has 0 saturated carbocycles. The second-order valence-electron chi connectivity index (χ2n) is 9.58. The third kappa shape index (κ3) is 5.18. The summed E-state index contributed by atoms with van der Waals surface area (Å²) in [7, 11) is 0. The number of hydrogen-bond acceptors (Lipinski definition) is 6. The van der Waals surface area contributed by atoms with Gasteiger partial charge in [0.05, 0.1) is 6.26 Å². The number of piperazine rings is 1. The highest BCUT2D eigenvalue weighted by Crippen LogP contribution is 2.33. The van der Waals surface area contributed by atoms with Crippen molar-refractivity contribution in [3.63, 3.8) is 0 Å². The molecule has 1 amide bonds. The molecule has 0 radical (unpaired) electrons. The molecule has 7 heteroatoms. The number of anilines is 1. The first kappa shape index (κ1) is 22.8. The first-order valence-corrected chi connectivity index (χ1v) is 11.4. The van der Waals surface area contributed by atoms with Gasteiger partial charge in [-0.05, 0) is 55.2 Å². The zero-order valence-electron chi connectivity index (χ0n) is 20.0. The van der Waals surface area contributed by atoms with Crippen molar-refractivity contribution in [2.75, 3.05) is 31.1 Å². The summed E-state index contributed by atoms with van der Waals surface area (Å²) in [5.74, 6) is 2.28. The number of carbonyl (C=O) groups excluding carboxylic acids is 1. The van der Waals surface area contributed by atoms with Gasteiger partial charge in [0.15, 0.2) is 17.7 Å². The second kappa shape index (κ2) is 9.25. The summed E-state index contributed by atoms with van der Waals surface area (Å²) in [5, 5.41) is 8.62. The van der Waals surface area contributed by atoms with Crippen LogP contribution in [0.25, 0.3) is 11.5 Å². The van der Waals surface area contributed by atoms with Crippen LogP contribution in [0.2, 0.25) is 0 Å². The molecule has 0 spiro atoms. The van der Waals surface area contributed by atoms with E-state index in [1.54, 1.807) is 6.26 Å². The average molecular weight is 449 g/mol. The Bertz CT molecular complexity index is 1080. The summed E-state index contributed by atoms with van der Waals surface area (Å²) in [4.78, 5) is 17.1. The van der Waals surface area contributed by atoms with Crippen LogP contribution < -0.4 is 9.64 Å². The number of nitrogens with zero attached hydrogens (tertiary/aromatic N) is 4. The number of furan rings is 1. The van der Waals surface area contributed by atoms with Gasteiger partial charge in [-0.2, -0.15) is 0 Å². The van der Waals surface area contributed by atoms with Crippen molar-refractivity contribution in [3.05, 3.63) is 59.9 Å². The molecule has 0 bridgehead atoms. The number of hydrogen-bond donors (Lipinski definition) is 0. The van der Waals surface area contributed by atoms with Gasteiger partial charge in [-0.15, -0.1) is 10.2 Å². The largest absolute Gasteiger partial charge is 0.481 e. The molecule has 1 aliphatic rings. The van der Waals surface area contributed by atoms with Gasteiger partial charge < -0.3 is 19.0 Å². The van der Waals surface area contributed by atoms with Crippen molar-refractivity contribution in [2.24, 2.45) is 0 Å². The topological polar surface area (TPSA) is 71.7 Å². The highest BCUT2D eigenvalue weighted by Gasteiger charge is 2.28. The van der Waals surface area contributed by atoms with Gasteiger partial charge in [-0.3, -0.25) is 4.79 Å². The van der Waals surface area contributed by atoms with Crippen molar-refractivity contribution in [3.8, 4) is 17.2 Å². The highest BCUT2D eigenvalue weighted by molar-refractivity contribution is 5.81. The maximum Gasteiger partial charge on any atom is 0.263 e. The van der Waals surface area contributed by atoms with Crippen LogP contribution in [0.5, 0.6) is 5.75 Å². The summed E-state index contributed by atoms with van der Waals surface area (Å²) in [6.45, 7) is 13.0. The van der Waals surface area contributed by atoms with E-state index in [4.69, 9.17) is 9.15 Å². The van der Waals surface area contributed by atoms with Gasteiger partial charge in [0.1, 0.15) is 11.4 Å². The van der Waals surface area contributed by atoms with Crippen LogP contribution in [0.4, 0.5) is 5.82 Å². The molecule has 0 N–H and O–H groups in total. The maximum atomic E-state index is 13.1. The molecule has 4 rings (SSSR count). The Hall–Kier alpha value is -3.35. The van der Waals surface area contributed by atoms with Crippen molar-refractivity contribution < 1.29 is 13.9 Å². The van der Waals surface area contributed by atoms with Gasteiger partial charge in [-0.25, -0.2) is 0 Å². The van der Waals surface area contributed by atoms with Gasteiger partial charge in [0.25, 0.3) is 5.91 Å². The quantitative estimate of drug-likeness (QED) is 0.574. The number of carbonyl (C=O) groups is 1. The molecular weight excluding hydrogens is 416 g/mol. The van der Waals surface area contributed by atoms with E-state index in [0.29, 0.717) is 37.6 Å². The lowest BCUT2D eigenvalue weighted by molar-refractivity contribution is -0.138. The average Bonchev–Trinajstić information content (AvgIpc) is 3.34. The number of benzene rings is 1. The molecule has 3 heterocycles. The first-order valence-electron chi connectivity index (χ1n) is 11.4. The normalized spacial score (nSPS) is 15.4. The number of rotatable bonds is 5. The van der Waals surface area contributed by atoms with E-state index in [9.17, 15) is 4.79 Å². The minimum absolute atomic E-state index is 0.00864. The molecule has 174 valence electrons. The zero-order valence-corrected chi connectivity index (χ0v) is 20.0. The monoisotopic (exact) mass is 448 g/mol. The Morgan fingerprint density at radius 2 is 1.82 bits per heavy atom. The third-order valence-electron chi connectivity index (χ3n) is 5.93. The minimum Gasteiger partial charge on any atom is -0.481 e. The van der Waals surface area contributed by atoms with Crippen LogP contribution in [0.3, 0.4) is 0 Å². The molecule has 33 heavy (non-hydrogen) atoms. The smallest absolute Gasteiger partial charge is 0.263 e. The highest BCUT2D eigenvalue weighted by atomic mass is 16.5. The summed E-state index contributed by atoms with van der Waals surface area (Å²) in [6, 6.07) is 13.7. The fraction of sp³-hybridized carbons (Fsp3) is 0.423.